The SMILES string of the molecule is [B]C(C)(CC(C)(C)C)OC(C)COC(C)COC(C)COC(C)COC(C)COC(C)COC(C)CN. The van der Waals surface area contributed by atoms with Crippen molar-refractivity contribution in [2.24, 2.45) is 11.1 Å². The van der Waals surface area contributed by atoms with Crippen molar-refractivity contribution >= 4 is 7.85 Å². The van der Waals surface area contributed by atoms with Crippen molar-refractivity contribution in [3.05, 3.63) is 0 Å². The lowest BCUT2D eigenvalue weighted by Gasteiger charge is -2.35. The van der Waals surface area contributed by atoms with E-state index in [1.165, 1.54) is 0 Å². The molecule has 0 bridgehead atoms. The Balaban J connectivity index is 3.98. The number of hydrogen-bond acceptors (Lipinski definition) is 8. The molecule has 37 heavy (non-hydrogen) atoms. The molecule has 0 aliphatic heterocycles. The summed E-state index contributed by atoms with van der Waals surface area (Å²) < 4.78 is 40.9. The van der Waals surface area contributed by atoms with Crippen LogP contribution in [-0.4, -0.2) is 102 Å². The normalized spacial score (nSPS) is 20.0. The summed E-state index contributed by atoms with van der Waals surface area (Å²) in [6.45, 7) is 25.7. The Morgan fingerprint density at radius 2 is 0.784 bits per heavy atom. The van der Waals surface area contributed by atoms with Crippen LogP contribution in [0.2, 0.25) is 0 Å². The standard InChI is InChI=1S/C28H58BNO7/c1-20(12-30)31-13-21(2)32-14-22(3)33-15-23(4)34-16-24(5)35-17-25(6)36-18-26(7)37-28(11,29)19-27(8,9)10/h20-26H,12-19,30H2,1-11H3. The van der Waals surface area contributed by atoms with Crippen molar-refractivity contribution in [1.29, 1.82) is 0 Å². The minimum atomic E-state index is -0.686. The fourth-order valence-electron chi connectivity index (χ4n) is 3.70. The Hall–Kier alpha value is -0.255. The third kappa shape index (κ3) is 22.3. The van der Waals surface area contributed by atoms with Crippen molar-refractivity contribution in [2.75, 3.05) is 46.2 Å². The van der Waals surface area contributed by atoms with Crippen LogP contribution in [0, 0.1) is 5.41 Å². The summed E-state index contributed by atoms with van der Waals surface area (Å²) in [5.41, 5.74) is 4.96. The van der Waals surface area contributed by atoms with E-state index in [2.05, 4.69) is 20.8 Å². The summed E-state index contributed by atoms with van der Waals surface area (Å²) in [7, 11) is 6.32. The monoisotopic (exact) mass is 531 g/mol. The van der Waals surface area contributed by atoms with Gasteiger partial charge in [0.15, 0.2) is 0 Å². The van der Waals surface area contributed by atoms with Gasteiger partial charge < -0.3 is 38.9 Å². The van der Waals surface area contributed by atoms with Crippen LogP contribution in [0.25, 0.3) is 0 Å². The van der Waals surface area contributed by atoms with Crippen molar-refractivity contribution in [1.82, 2.24) is 0 Å². The summed E-state index contributed by atoms with van der Waals surface area (Å²) in [6, 6.07) is 0. The fraction of sp³-hybridized carbons (Fsp3) is 1.00. The quantitative estimate of drug-likeness (QED) is 0.209. The van der Waals surface area contributed by atoms with E-state index in [9.17, 15) is 0 Å². The highest BCUT2D eigenvalue weighted by molar-refractivity contribution is 6.14. The largest absolute Gasteiger partial charge is 0.380 e. The highest BCUT2D eigenvalue weighted by atomic mass is 16.6. The maximum atomic E-state index is 6.32. The fourth-order valence-corrected chi connectivity index (χ4v) is 3.70. The maximum Gasteiger partial charge on any atom is 0.113 e. The van der Waals surface area contributed by atoms with Crippen LogP contribution in [0.3, 0.4) is 0 Å². The van der Waals surface area contributed by atoms with Gasteiger partial charge in [0.25, 0.3) is 0 Å². The molecule has 2 radical (unpaired) electrons. The van der Waals surface area contributed by atoms with Gasteiger partial charge >= 0.3 is 0 Å². The molecule has 0 aliphatic rings. The average molecular weight is 532 g/mol. The van der Waals surface area contributed by atoms with Crippen LogP contribution in [0.15, 0.2) is 0 Å². The molecule has 2 N–H and O–H groups in total. The molecule has 0 aromatic rings. The van der Waals surface area contributed by atoms with Gasteiger partial charge in [-0.3, -0.25) is 0 Å². The number of rotatable bonds is 22. The van der Waals surface area contributed by atoms with E-state index in [-0.39, 0.29) is 48.1 Å². The van der Waals surface area contributed by atoms with Gasteiger partial charge in [-0.15, -0.1) is 0 Å². The predicted octanol–water partition coefficient (Wildman–Crippen LogP) is 4.10. The Labute approximate surface area is 229 Å². The maximum absolute atomic E-state index is 6.32. The van der Waals surface area contributed by atoms with Gasteiger partial charge in [0.2, 0.25) is 0 Å². The highest BCUT2D eigenvalue weighted by Gasteiger charge is 2.27. The van der Waals surface area contributed by atoms with Gasteiger partial charge in [-0.2, -0.15) is 0 Å². The summed E-state index contributed by atoms with van der Waals surface area (Å²) in [5, 5.41) is 0. The molecule has 8 nitrogen and oxygen atoms in total. The minimum Gasteiger partial charge on any atom is -0.380 e. The summed E-state index contributed by atoms with van der Waals surface area (Å²) in [6.07, 6.45) is 0.477. The first-order valence-electron chi connectivity index (χ1n) is 13.9. The van der Waals surface area contributed by atoms with E-state index in [0.717, 1.165) is 6.42 Å². The number of nitrogens with two attached hydrogens (primary N) is 1. The van der Waals surface area contributed by atoms with E-state index in [1.54, 1.807) is 0 Å². The van der Waals surface area contributed by atoms with Gasteiger partial charge in [0, 0.05) is 12.0 Å². The zero-order chi connectivity index (χ0) is 28.6. The summed E-state index contributed by atoms with van der Waals surface area (Å²) in [4.78, 5) is 0. The molecule has 8 atom stereocenters. The van der Waals surface area contributed by atoms with Crippen molar-refractivity contribution in [3.8, 4) is 0 Å². The van der Waals surface area contributed by atoms with Gasteiger partial charge in [-0.05, 0) is 67.2 Å². The van der Waals surface area contributed by atoms with E-state index in [0.29, 0.717) is 46.2 Å². The molecule has 220 valence electrons. The topological polar surface area (TPSA) is 90.6 Å². The first kappa shape index (κ1) is 36.7. The van der Waals surface area contributed by atoms with Crippen LogP contribution in [0.5, 0.6) is 0 Å². The molecule has 0 saturated carbocycles. The van der Waals surface area contributed by atoms with Gasteiger partial charge in [0.1, 0.15) is 7.85 Å². The molecule has 0 aromatic heterocycles. The van der Waals surface area contributed by atoms with Crippen molar-refractivity contribution in [2.45, 2.75) is 131 Å². The molecule has 0 fully saturated rings. The van der Waals surface area contributed by atoms with E-state index >= 15 is 0 Å². The first-order valence-corrected chi connectivity index (χ1v) is 13.9. The lowest BCUT2D eigenvalue weighted by molar-refractivity contribution is -0.114. The van der Waals surface area contributed by atoms with Crippen LogP contribution in [0.1, 0.15) is 82.6 Å². The second-order valence-corrected chi connectivity index (χ2v) is 12.1. The molecule has 8 unspecified atom stereocenters. The molecule has 0 aliphatic carbocycles. The van der Waals surface area contributed by atoms with Gasteiger partial charge in [-0.1, -0.05) is 20.8 Å². The molecule has 0 rings (SSSR count). The molecular weight excluding hydrogens is 473 g/mol. The Bertz CT molecular complexity index is 561. The van der Waals surface area contributed by atoms with E-state index < -0.39 is 5.50 Å². The summed E-state index contributed by atoms with van der Waals surface area (Å²) >= 11 is 0. The second kappa shape index (κ2) is 18.9. The van der Waals surface area contributed by atoms with Crippen LogP contribution in [0.4, 0.5) is 0 Å². The van der Waals surface area contributed by atoms with Crippen LogP contribution < -0.4 is 5.73 Å². The molecular formula is C28H58BNO7. The van der Waals surface area contributed by atoms with Crippen molar-refractivity contribution in [3.63, 3.8) is 0 Å². The summed E-state index contributed by atoms with van der Waals surface area (Å²) in [5.74, 6) is 0. The highest BCUT2D eigenvalue weighted by Crippen LogP contribution is 2.28. The Morgan fingerprint density at radius 1 is 0.514 bits per heavy atom. The van der Waals surface area contributed by atoms with Crippen LogP contribution >= 0.6 is 0 Å². The predicted molar refractivity (Wildman–Crippen MR) is 150 cm³/mol. The molecule has 0 saturated heterocycles. The molecule has 0 heterocycles. The molecule has 0 spiro atoms. The Kier molecular flexibility index (Phi) is 18.8. The lowest BCUT2D eigenvalue weighted by atomic mass is 9.71. The first-order chi connectivity index (χ1) is 17.0. The Morgan fingerprint density at radius 3 is 1.05 bits per heavy atom. The minimum absolute atomic E-state index is 0.0110. The third-order valence-electron chi connectivity index (χ3n) is 5.38. The molecule has 0 aromatic carbocycles. The lowest BCUT2D eigenvalue weighted by Crippen LogP contribution is -2.39. The smallest absolute Gasteiger partial charge is 0.113 e. The third-order valence-corrected chi connectivity index (χ3v) is 5.38. The van der Waals surface area contributed by atoms with Crippen molar-refractivity contribution < 1.29 is 33.2 Å². The van der Waals surface area contributed by atoms with Gasteiger partial charge in [-0.25, -0.2) is 0 Å². The molecule has 9 heteroatoms. The second-order valence-electron chi connectivity index (χ2n) is 12.1. The molecule has 0 amide bonds. The zero-order valence-corrected chi connectivity index (χ0v) is 25.7. The number of hydrogen-bond donors (Lipinski definition) is 1. The van der Waals surface area contributed by atoms with Gasteiger partial charge in [0.05, 0.1) is 82.4 Å². The van der Waals surface area contributed by atoms with E-state index in [4.69, 9.17) is 46.7 Å². The average Bonchev–Trinajstić information content (AvgIpc) is 2.78. The van der Waals surface area contributed by atoms with E-state index in [1.807, 2.05) is 55.4 Å². The zero-order valence-electron chi connectivity index (χ0n) is 25.7. The van der Waals surface area contributed by atoms with Crippen LogP contribution in [-0.2, 0) is 33.2 Å². The number of ether oxygens (including phenoxy) is 7.